The van der Waals surface area contributed by atoms with Gasteiger partial charge in [-0.15, -0.1) is 0 Å². The van der Waals surface area contributed by atoms with E-state index >= 15 is 0 Å². The number of amides is 2. The first-order valence-corrected chi connectivity index (χ1v) is 12.0. The first-order valence-electron chi connectivity index (χ1n) is 9.49. The number of carbonyl (C=O) groups excluding carboxylic acids is 2. The van der Waals surface area contributed by atoms with Crippen LogP contribution < -0.4 is 10.6 Å². The van der Waals surface area contributed by atoms with Crippen molar-refractivity contribution in [3.05, 3.63) is 84.9 Å². The second-order valence-corrected chi connectivity index (χ2v) is 9.21. The number of benzene rings is 4. The molecular weight excluding hydrogens is 412 g/mol. The minimum atomic E-state index is -0.0854. The molecule has 0 aliphatic heterocycles. The summed E-state index contributed by atoms with van der Waals surface area (Å²) in [4.78, 5) is 24.3. The van der Waals surface area contributed by atoms with Crippen LogP contribution in [0.5, 0.6) is 0 Å². The van der Waals surface area contributed by atoms with E-state index < -0.39 is 0 Å². The fourth-order valence-corrected chi connectivity index (χ4v) is 4.79. The molecule has 0 fully saturated rings. The Morgan fingerprint density at radius 3 is 1.40 bits per heavy atom. The summed E-state index contributed by atoms with van der Waals surface area (Å²) >= 11 is 0. The van der Waals surface area contributed by atoms with Gasteiger partial charge in [0.05, 0.1) is 11.5 Å². The van der Waals surface area contributed by atoms with E-state index in [1.807, 2.05) is 84.9 Å². The Labute approximate surface area is 182 Å². The van der Waals surface area contributed by atoms with E-state index in [1.54, 1.807) is 0 Å². The highest BCUT2D eigenvalue weighted by Gasteiger charge is 2.07. The second kappa shape index (κ2) is 9.69. The molecule has 4 nitrogen and oxygen atoms in total. The van der Waals surface area contributed by atoms with Crippen molar-refractivity contribution in [1.82, 2.24) is 0 Å². The van der Waals surface area contributed by atoms with Crippen LogP contribution in [0.25, 0.3) is 21.5 Å². The molecule has 4 aromatic rings. The Balaban J connectivity index is 1.20. The molecule has 0 atom stereocenters. The molecular formula is C24H20N2O2S2. The van der Waals surface area contributed by atoms with Gasteiger partial charge >= 0.3 is 0 Å². The van der Waals surface area contributed by atoms with Crippen LogP contribution in [-0.4, -0.2) is 23.3 Å². The quantitative estimate of drug-likeness (QED) is 0.280. The predicted octanol–water partition coefficient (Wildman–Crippen LogP) is 5.95. The van der Waals surface area contributed by atoms with Crippen molar-refractivity contribution in [2.75, 3.05) is 22.1 Å². The van der Waals surface area contributed by atoms with E-state index in [0.717, 1.165) is 32.9 Å². The van der Waals surface area contributed by atoms with Crippen LogP contribution >= 0.6 is 21.6 Å². The number of hydrogen-bond acceptors (Lipinski definition) is 4. The molecule has 4 aromatic carbocycles. The van der Waals surface area contributed by atoms with Gasteiger partial charge in [0.15, 0.2) is 0 Å². The van der Waals surface area contributed by atoms with E-state index in [9.17, 15) is 9.59 Å². The zero-order valence-corrected chi connectivity index (χ0v) is 17.8. The second-order valence-electron chi connectivity index (χ2n) is 6.74. The molecule has 2 amide bonds. The molecule has 0 saturated carbocycles. The lowest BCUT2D eigenvalue weighted by molar-refractivity contribution is -0.114. The fraction of sp³-hybridized carbons (Fsp3) is 0.0833. The van der Waals surface area contributed by atoms with Crippen molar-refractivity contribution in [3.8, 4) is 0 Å². The summed E-state index contributed by atoms with van der Waals surface area (Å²) in [7, 11) is 2.74. The van der Waals surface area contributed by atoms with Crippen LogP contribution in [0.1, 0.15) is 0 Å². The Kier molecular flexibility index (Phi) is 6.57. The molecule has 0 aliphatic carbocycles. The number of carbonyl (C=O) groups is 2. The van der Waals surface area contributed by atoms with Crippen molar-refractivity contribution >= 4 is 66.3 Å². The summed E-state index contributed by atoms with van der Waals surface area (Å²) in [6.07, 6.45) is 0. The lowest BCUT2D eigenvalue weighted by Gasteiger charge is -2.07. The van der Waals surface area contributed by atoms with Gasteiger partial charge in [0.1, 0.15) is 0 Å². The highest BCUT2D eigenvalue weighted by atomic mass is 33.1. The number of nitrogens with one attached hydrogen (secondary N) is 2. The number of fused-ring (bicyclic) bond motifs is 2. The highest BCUT2D eigenvalue weighted by molar-refractivity contribution is 8.77. The maximum absolute atomic E-state index is 12.2. The molecule has 0 saturated heterocycles. The van der Waals surface area contributed by atoms with Gasteiger partial charge < -0.3 is 10.6 Å². The molecule has 0 aromatic heterocycles. The molecule has 6 heteroatoms. The standard InChI is InChI=1S/C24H20N2O2S2/c27-23(25-21-11-9-17-5-1-3-7-19(17)13-21)15-29-30-16-24(28)26-22-12-10-18-6-2-4-8-20(18)14-22/h1-14H,15-16H2,(H,25,27)(H,26,28). The van der Waals surface area contributed by atoms with Crippen molar-refractivity contribution in [3.63, 3.8) is 0 Å². The number of anilines is 2. The summed E-state index contributed by atoms with van der Waals surface area (Å²) in [6.45, 7) is 0. The summed E-state index contributed by atoms with van der Waals surface area (Å²) in [5.41, 5.74) is 1.55. The van der Waals surface area contributed by atoms with Gasteiger partial charge in [0.2, 0.25) is 11.8 Å². The molecule has 0 spiro atoms. The van der Waals surface area contributed by atoms with E-state index in [4.69, 9.17) is 0 Å². The van der Waals surface area contributed by atoms with Crippen LogP contribution in [0, 0.1) is 0 Å². The first kappa shape index (κ1) is 20.3. The normalized spacial score (nSPS) is 10.8. The minimum absolute atomic E-state index is 0.0854. The van der Waals surface area contributed by atoms with Gasteiger partial charge in [-0.1, -0.05) is 82.3 Å². The SMILES string of the molecule is O=C(CSSCC(=O)Nc1ccc2ccccc2c1)Nc1ccc2ccccc2c1. The van der Waals surface area contributed by atoms with Gasteiger partial charge in [0, 0.05) is 11.4 Å². The van der Waals surface area contributed by atoms with Crippen LogP contribution in [-0.2, 0) is 9.59 Å². The smallest absolute Gasteiger partial charge is 0.235 e. The Bertz CT molecular complexity index is 1110. The molecule has 150 valence electrons. The minimum Gasteiger partial charge on any atom is -0.325 e. The third-order valence-corrected chi connectivity index (χ3v) is 6.66. The number of rotatable bonds is 7. The molecule has 0 heterocycles. The van der Waals surface area contributed by atoms with E-state index in [2.05, 4.69) is 10.6 Å². The molecule has 0 bridgehead atoms. The van der Waals surface area contributed by atoms with Gasteiger partial charge in [-0.2, -0.15) is 0 Å². The zero-order chi connectivity index (χ0) is 20.8. The average molecular weight is 433 g/mol. The molecule has 0 radical (unpaired) electrons. The van der Waals surface area contributed by atoms with Crippen molar-refractivity contribution in [2.45, 2.75) is 0 Å². The van der Waals surface area contributed by atoms with E-state index in [-0.39, 0.29) is 23.3 Å². The van der Waals surface area contributed by atoms with Crippen LogP contribution in [0.4, 0.5) is 11.4 Å². The average Bonchev–Trinajstić information content (AvgIpc) is 2.76. The maximum Gasteiger partial charge on any atom is 0.235 e. The molecule has 30 heavy (non-hydrogen) atoms. The van der Waals surface area contributed by atoms with Gasteiger partial charge in [-0.25, -0.2) is 0 Å². The van der Waals surface area contributed by atoms with Crippen LogP contribution in [0.15, 0.2) is 84.9 Å². The molecule has 4 rings (SSSR count). The molecule has 2 N–H and O–H groups in total. The first-order chi connectivity index (χ1) is 14.7. The summed E-state index contributed by atoms with van der Waals surface area (Å²) in [6, 6.07) is 27.7. The van der Waals surface area contributed by atoms with Crippen molar-refractivity contribution in [2.24, 2.45) is 0 Å². The van der Waals surface area contributed by atoms with Gasteiger partial charge in [0.25, 0.3) is 0 Å². The van der Waals surface area contributed by atoms with E-state index in [0.29, 0.717) is 0 Å². The summed E-state index contributed by atoms with van der Waals surface area (Å²) < 4.78 is 0. The Morgan fingerprint density at radius 1 is 0.567 bits per heavy atom. The summed E-state index contributed by atoms with van der Waals surface area (Å²) in [5, 5.41) is 10.3. The third-order valence-electron chi connectivity index (χ3n) is 4.53. The predicted molar refractivity (Wildman–Crippen MR) is 130 cm³/mol. The third kappa shape index (κ3) is 5.34. The van der Waals surface area contributed by atoms with Gasteiger partial charge in [-0.05, 0) is 45.8 Å². The van der Waals surface area contributed by atoms with Crippen molar-refractivity contribution in [1.29, 1.82) is 0 Å². The lowest BCUT2D eigenvalue weighted by atomic mass is 10.1. The number of hydrogen-bond donors (Lipinski definition) is 2. The highest BCUT2D eigenvalue weighted by Crippen LogP contribution is 2.24. The zero-order valence-electron chi connectivity index (χ0n) is 16.1. The monoisotopic (exact) mass is 432 g/mol. The maximum atomic E-state index is 12.2. The topological polar surface area (TPSA) is 58.2 Å². The summed E-state index contributed by atoms with van der Waals surface area (Å²) in [5.74, 6) is 0.386. The fourth-order valence-electron chi connectivity index (χ4n) is 3.12. The van der Waals surface area contributed by atoms with E-state index in [1.165, 1.54) is 21.6 Å². The largest absolute Gasteiger partial charge is 0.325 e. The Hall–Kier alpha value is -2.96. The molecule has 0 unspecified atom stereocenters. The van der Waals surface area contributed by atoms with Crippen molar-refractivity contribution < 1.29 is 9.59 Å². The lowest BCUT2D eigenvalue weighted by Crippen LogP contribution is -2.15. The molecule has 0 aliphatic rings. The Morgan fingerprint density at radius 2 is 0.967 bits per heavy atom. The van der Waals surface area contributed by atoms with Gasteiger partial charge in [-0.3, -0.25) is 9.59 Å². The van der Waals surface area contributed by atoms with Crippen LogP contribution in [0.2, 0.25) is 0 Å². The van der Waals surface area contributed by atoms with Crippen LogP contribution in [0.3, 0.4) is 0 Å².